The Morgan fingerprint density at radius 3 is 2.50 bits per heavy atom. The number of hydrogen-bond donors (Lipinski definition) is 1. The first-order chi connectivity index (χ1) is 6.49. The highest BCUT2D eigenvalue weighted by Crippen LogP contribution is 2.29. The van der Waals surface area contributed by atoms with Gasteiger partial charge in [-0.3, -0.25) is 0 Å². The number of aromatic carboxylic acids is 1. The Bertz CT molecular complexity index is 390. The first kappa shape index (κ1) is 11.0. The monoisotopic (exact) mass is 259 g/mol. The highest BCUT2D eigenvalue weighted by molar-refractivity contribution is 9.10. The molecule has 0 amide bonds. The summed E-state index contributed by atoms with van der Waals surface area (Å²) in [6, 6.07) is 0. The van der Waals surface area contributed by atoms with E-state index in [1.165, 1.54) is 7.11 Å². The van der Waals surface area contributed by atoms with Crippen molar-refractivity contribution < 1.29 is 14.6 Å². The van der Waals surface area contributed by atoms with Crippen molar-refractivity contribution in [3.8, 4) is 5.88 Å². The van der Waals surface area contributed by atoms with Crippen LogP contribution in [0.25, 0.3) is 0 Å². The van der Waals surface area contributed by atoms with Gasteiger partial charge in [0.05, 0.1) is 22.8 Å². The summed E-state index contributed by atoms with van der Waals surface area (Å²) in [6.07, 6.45) is 0. The summed E-state index contributed by atoms with van der Waals surface area (Å²) in [5, 5.41) is 8.93. The summed E-state index contributed by atoms with van der Waals surface area (Å²) < 4.78 is 5.58. The largest absolute Gasteiger partial charge is 0.480 e. The minimum Gasteiger partial charge on any atom is -0.480 e. The Balaban J connectivity index is 3.49. The van der Waals surface area contributed by atoms with Crippen molar-refractivity contribution in [1.29, 1.82) is 0 Å². The first-order valence-electron chi connectivity index (χ1n) is 3.93. The Morgan fingerprint density at radius 2 is 2.07 bits per heavy atom. The predicted octanol–water partition coefficient (Wildman–Crippen LogP) is 2.17. The molecular weight excluding hydrogens is 250 g/mol. The van der Waals surface area contributed by atoms with Gasteiger partial charge < -0.3 is 9.84 Å². The van der Waals surface area contributed by atoms with E-state index in [9.17, 15) is 4.79 Å². The van der Waals surface area contributed by atoms with E-state index < -0.39 is 5.97 Å². The van der Waals surface area contributed by atoms with Crippen LogP contribution in [0, 0.1) is 13.8 Å². The number of carboxylic acids is 1. The van der Waals surface area contributed by atoms with Crippen molar-refractivity contribution >= 4 is 21.9 Å². The molecule has 1 heterocycles. The third kappa shape index (κ3) is 1.72. The average Bonchev–Trinajstić information content (AvgIpc) is 2.10. The van der Waals surface area contributed by atoms with E-state index >= 15 is 0 Å². The molecule has 4 nitrogen and oxygen atoms in total. The SMILES string of the molecule is COc1nc(C)c(C(=O)O)c(C)c1Br. The fraction of sp³-hybridized carbons (Fsp3) is 0.333. The molecule has 5 heteroatoms. The molecule has 1 aromatic heterocycles. The zero-order valence-electron chi connectivity index (χ0n) is 8.09. The molecule has 0 saturated heterocycles. The van der Waals surface area contributed by atoms with Crippen molar-refractivity contribution in [3.05, 3.63) is 21.3 Å². The van der Waals surface area contributed by atoms with E-state index in [2.05, 4.69) is 20.9 Å². The minimum atomic E-state index is -0.976. The molecule has 76 valence electrons. The molecule has 1 N–H and O–H groups in total. The summed E-state index contributed by atoms with van der Waals surface area (Å²) >= 11 is 3.24. The van der Waals surface area contributed by atoms with E-state index in [0.717, 1.165) is 0 Å². The second kappa shape index (κ2) is 3.96. The molecule has 0 unspecified atom stereocenters. The molecule has 0 aliphatic rings. The van der Waals surface area contributed by atoms with Gasteiger partial charge in [0.15, 0.2) is 0 Å². The summed E-state index contributed by atoms with van der Waals surface area (Å²) in [5.41, 5.74) is 1.30. The van der Waals surface area contributed by atoms with Crippen LogP contribution in [0.2, 0.25) is 0 Å². The van der Waals surface area contributed by atoms with Gasteiger partial charge in [0.25, 0.3) is 0 Å². The van der Waals surface area contributed by atoms with Crippen LogP contribution >= 0.6 is 15.9 Å². The molecule has 0 atom stereocenters. The number of pyridine rings is 1. The van der Waals surface area contributed by atoms with Crippen molar-refractivity contribution in [2.45, 2.75) is 13.8 Å². The van der Waals surface area contributed by atoms with Gasteiger partial charge in [-0.15, -0.1) is 0 Å². The number of hydrogen-bond acceptors (Lipinski definition) is 3. The lowest BCUT2D eigenvalue weighted by Gasteiger charge is -2.10. The zero-order chi connectivity index (χ0) is 10.9. The number of carboxylic acid groups (broad SMARTS) is 1. The van der Waals surface area contributed by atoms with E-state index in [0.29, 0.717) is 21.6 Å². The molecule has 1 aromatic rings. The van der Waals surface area contributed by atoms with Crippen LogP contribution in [-0.2, 0) is 0 Å². The number of aromatic nitrogens is 1. The highest BCUT2D eigenvalue weighted by Gasteiger charge is 2.18. The maximum atomic E-state index is 10.9. The van der Waals surface area contributed by atoms with Gasteiger partial charge in [-0.2, -0.15) is 0 Å². The standard InChI is InChI=1S/C9H10BrNO3/c1-4-6(9(12)13)5(2)11-8(14-3)7(4)10/h1-3H3,(H,12,13). The van der Waals surface area contributed by atoms with Crippen molar-refractivity contribution in [2.75, 3.05) is 7.11 Å². The van der Waals surface area contributed by atoms with Crippen LogP contribution in [0.3, 0.4) is 0 Å². The van der Waals surface area contributed by atoms with Gasteiger partial charge in [0.1, 0.15) is 0 Å². The fourth-order valence-corrected chi connectivity index (χ4v) is 1.70. The van der Waals surface area contributed by atoms with Crippen LogP contribution in [-0.4, -0.2) is 23.2 Å². The van der Waals surface area contributed by atoms with Gasteiger partial charge in [-0.05, 0) is 35.3 Å². The molecule has 0 bridgehead atoms. The van der Waals surface area contributed by atoms with Gasteiger partial charge >= 0.3 is 5.97 Å². The van der Waals surface area contributed by atoms with Crippen molar-refractivity contribution in [1.82, 2.24) is 4.98 Å². The summed E-state index contributed by atoms with van der Waals surface area (Å²) in [6.45, 7) is 3.36. The van der Waals surface area contributed by atoms with Gasteiger partial charge in [0, 0.05) is 0 Å². The van der Waals surface area contributed by atoms with Crippen LogP contribution in [0.1, 0.15) is 21.6 Å². The van der Waals surface area contributed by atoms with Gasteiger partial charge in [0.2, 0.25) is 5.88 Å². The Labute approximate surface area is 90.0 Å². The van der Waals surface area contributed by atoms with Crippen LogP contribution in [0.15, 0.2) is 4.47 Å². The normalized spacial score (nSPS) is 10.0. The Morgan fingerprint density at radius 1 is 1.50 bits per heavy atom. The van der Waals surface area contributed by atoms with Gasteiger partial charge in [-0.25, -0.2) is 9.78 Å². The number of nitrogens with zero attached hydrogens (tertiary/aromatic N) is 1. The first-order valence-corrected chi connectivity index (χ1v) is 4.72. The molecule has 0 fully saturated rings. The zero-order valence-corrected chi connectivity index (χ0v) is 9.67. The Kier molecular flexibility index (Phi) is 3.10. The second-order valence-corrected chi connectivity index (χ2v) is 3.62. The molecule has 1 rings (SSSR count). The lowest BCUT2D eigenvalue weighted by atomic mass is 10.1. The number of halogens is 1. The maximum absolute atomic E-state index is 10.9. The molecule has 0 aromatic carbocycles. The van der Waals surface area contributed by atoms with Crippen molar-refractivity contribution in [2.24, 2.45) is 0 Å². The van der Waals surface area contributed by atoms with Crippen LogP contribution in [0.4, 0.5) is 0 Å². The van der Waals surface area contributed by atoms with Crippen LogP contribution in [0.5, 0.6) is 5.88 Å². The molecule has 0 aliphatic carbocycles. The van der Waals surface area contributed by atoms with E-state index in [4.69, 9.17) is 9.84 Å². The molecule has 0 spiro atoms. The molecule has 0 saturated carbocycles. The maximum Gasteiger partial charge on any atom is 0.337 e. The highest BCUT2D eigenvalue weighted by atomic mass is 79.9. The number of aryl methyl sites for hydroxylation is 1. The third-order valence-electron chi connectivity index (χ3n) is 1.93. The van der Waals surface area contributed by atoms with Crippen LogP contribution < -0.4 is 4.74 Å². The number of ether oxygens (including phenoxy) is 1. The third-order valence-corrected chi connectivity index (χ3v) is 2.86. The molecule has 14 heavy (non-hydrogen) atoms. The molecule has 0 radical (unpaired) electrons. The quantitative estimate of drug-likeness (QED) is 0.885. The summed E-state index contributed by atoms with van der Waals surface area (Å²) in [4.78, 5) is 14.9. The van der Waals surface area contributed by atoms with Crippen molar-refractivity contribution in [3.63, 3.8) is 0 Å². The summed E-state index contributed by atoms with van der Waals surface area (Å²) in [7, 11) is 1.49. The topological polar surface area (TPSA) is 59.4 Å². The summed E-state index contributed by atoms with van der Waals surface area (Å²) in [5.74, 6) is -0.569. The van der Waals surface area contributed by atoms with E-state index in [1.54, 1.807) is 13.8 Å². The fourth-order valence-electron chi connectivity index (χ4n) is 1.25. The number of rotatable bonds is 2. The minimum absolute atomic E-state index is 0.220. The van der Waals surface area contributed by atoms with E-state index in [-0.39, 0.29) is 5.56 Å². The van der Waals surface area contributed by atoms with E-state index in [1.807, 2.05) is 0 Å². The molecular formula is C9H10BrNO3. The second-order valence-electron chi connectivity index (χ2n) is 2.83. The predicted molar refractivity (Wildman–Crippen MR) is 54.9 cm³/mol. The smallest absolute Gasteiger partial charge is 0.337 e. The lowest BCUT2D eigenvalue weighted by Crippen LogP contribution is -2.07. The number of carbonyl (C=O) groups is 1. The average molecular weight is 260 g/mol. The number of methoxy groups -OCH3 is 1. The Hall–Kier alpha value is -1.10. The molecule has 0 aliphatic heterocycles. The van der Waals surface area contributed by atoms with Gasteiger partial charge in [-0.1, -0.05) is 0 Å². The lowest BCUT2D eigenvalue weighted by molar-refractivity contribution is 0.0694.